The molecule has 0 unspecified atom stereocenters. The van der Waals surface area contributed by atoms with E-state index >= 15 is 0 Å². The molecule has 0 fully saturated rings. The van der Waals surface area contributed by atoms with Crippen molar-refractivity contribution in [1.82, 2.24) is 0 Å². The second-order valence-corrected chi connectivity index (χ2v) is 7.05. The van der Waals surface area contributed by atoms with Crippen LogP contribution >= 0.6 is 0 Å². The van der Waals surface area contributed by atoms with Gasteiger partial charge >= 0.3 is 0 Å². The SMILES string of the molecule is CC1=Nc2ccccc2/C1=C\C=C1/N(C)c2ccccc2C1(C)C. The number of benzene rings is 2. The first-order valence-corrected chi connectivity index (χ1v) is 8.41. The molecule has 2 heterocycles. The van der Waals surface area contributed by atoms with Crippen LogP contribution in [0.2, 0.25) is 0 Å². The molecule has 2 aromatic rings. The molecule has 2 aromatic carbocycles. The fraction of sp³-hybridized carbons (Fsp3) is 0.227. The minimum Gasteiger partial charge on any atom is -0.347 e. The highest BCUT2D eigenvalue weighted by atomic mass is 15.2. The maximum absolute atomic E-state index is 4.68. The highest BCUT2D eigenvalue weighted by Gasteiger charge is 2.37. The number of fused-ring (bicyclic) bond motifs is 2. The van der Waals surface area contributed by atoms with E-state index in [0.29, 0.717) is 0 Å². The highest BCUT2D eigenvalue weighted by molar-refractivity contribution is 6.28. The van der Waals surface area contributed by atoms with Crippen LogP contribution in [0.25, 0.3) is 5.57 Å². The number of likely N-dealkylation sites (N-methyl/N-ethyl adjacent to an activating group) is 1. The first-order chi connectivity index (χ1) is 11.5. The lowest BCUT2D eigenvalue weighted by Crippen LogP contribution is -2.22. The molecule has 0 N–H and O–H groups in total. The molecule has 120 valence electrons. The summed E-state index contributed by atoms with van der Waals surface area (Å²) in [5, 5.41) is 0. The summed E-state index contributed by atoms with van der Waals surface area (Å²) in [5.74, 6) is 0. The van der Waals surface area contributed by atoms with Crippen molar-refractivity contribution in [2.45, 2.75) is 26.2 Å². The van der Waals surface area contributed by atoms with Gasteiger partial charge in [-0.3, -0.25) is 4.99 Å². The number of hydrogen-bond donors (Lipinski definition) is 0. The number of anilines is 1. The molecule has 2 heteroatoms. The Morgan fingerprint density at radius 1 is 0.958 bits per heavy atom. The molecule has 0 amide bonds. The summed E-state index contributed by atoms with van der Waals surface area (Å²) in [6.07, 6.45) is 4.49. The summed E-state index contributed by atoms with van der Waals surface area (Å²) in [6.45, 7) is 6.68. The Bertz CT molecular complexity index is 913. The van der Waals surface area contributed by atoms with Gasteiger partial charge in [0.2, 0.25) is 0 Å². The number of aliphatic imine (C=N–C) groups is 1. The quantitative estimate of drug-likeness (QED) is 0.680. The Kier molecular flexibility index (Phi) is 3.24. The van der Waals surface area contributed by atoms with Crippen molar-refractivity contribution >= 4 is 22.7 Å². The molecule has 0 aromatic heterocycles. The number of allylic oxidation sites excluding steroid dienone is 4. The summed E-state index contributed by atoms with van der Waals surface area (Å²) in [5.41, 5.74) is 8.60. The van der Waals surface area contributed by atoms with Crippen LogP contribution < -0.4 is 4.90 Å². The number of nitrogens with zero attached hydrogens (tertiary/aromatic N) is 2. The third-order valence-electron chi connectivity index (χ3n) is 5.22. The second kappa shape index (κ2) is 5.20. The fourth-order valence-electron chi connectivity index (χ4n) is 3.91. The van der Waals surface area contributed by atoms with E-state index in [1.807, 2.05) is 6.07 Å². The summed E-state index contributed by atoms with van der Waals surface area (Å²) >= 11 is 0. The lowest BCUT2D eigenvalue weighted by atomic mass is 9.83. The van der Waals surface area contributed by atoms with Gasteiger partial charge in [-0.05, 0) is 30.7 Å². The normalized spacial score (nSPS) is 21.2. The smallest absolute Gasteiger partial charge is 0.0712 e. The topological polar surface area (TPSA) is 15.6 Å². The van der Waals surface area contributed by atoms with Gasteiger partial charge in [0.05, 0.1) is 5.69 Å². The van der Waals surface area contributed by atoms with Crippen LogP contribution in [0.15, 0.2) is 71.4 Å². The first kappa shape index (κ1) is 14.9. The summed E-state index contributed by atoms with van der Waals surface area (Å²) in [6, 6.07) is 17.0. The van der Waals surface area contributed by atoms with Crippen molar-refractivity contribution in [2.75, 3.05) is 11.9 Å². The molecule has 2 aliphatic heterocycles. The van der Waals surface area contributed by atoms with Crippen molar-refractivity contribution in [3.05, 3.63) is 77.5 Å². The second-order valence-electron chi connectivity index (χ2n) is 7.05. The van der Waals surface area contributed by atoms with Gasteiger partial charge in [-0.2, -0.15) is 0 Å². The van der Waals surface area contributed by atoms with Crippen LogP contribution in [0.5, 0.6) is 0 Å². The number of rotatable bonds is 1. The monoisotopic (exact) mass is 314 g/mol. The molecular weight excluding hydrogens is 292 g/mol. The molecule has 0 bridgehead atoms. The van der Waals surface area contributed by atoms with E-state index in [0.717, 1.165) is 11.4 Å². The number of hydrogen-bond acceptors (Lipinski definition) is 2. The van der Waals surface area contributed by atoms with Crippen LogP contribution in [-0.2, 0) is 5.41 Å². The summed E-state index contributed by atoms with van der Waals surface area (Å²) in [4.78, 5) is 6.98. The first-order valence-electron chi connectivity index (χ1n) is 8.41. The van der Waals surface area contributed by atoms with Gasteiger partial charge in [-0.15, -0.1) is 0 Å². The Morgan fingerprint density at radius 2 is 1.67 bits per heavy atom. The summed E-state index contributed by atoms with van der Waals surface area (Å²) in [7, 11) is 2.15. The van der Waals surface area contributed by atoms with Gasteiger partial charge in [0.25, 0.3) is 0 Å². The Balaban J connectivity index is 1.80. The van der Waals surface area contributed by atoms with Crippen molar-refractivity contribution < 1.29 is 0 Å². The summed E-state index contributed by atoms with van der Waals surface area (Å²) < 4.78 is 0. The van der Waals surface area contributed by atoms with Gasteiger partial charge in [0, 0.05) is 40.7 Å². The van der Waals surface area contributed by atoms with Crippen LogP contribution in [0.1, 0.15) is 31.9 Å². The zero-order valence-corrected chi connectivity index (χ0v) is 14.7. The predicted molar refractivity (Wildman–Crippen MR) is 103 cm³/mol. The molecule has 0 aliphatic carbocycles. The molecule has 0 spiro atoms. The maximum Gasteiger partial charge on any atom is 0.0712 e. The van der Waals surface area contributed by atoms with Gasteiger partial charge in [0.15, 0.2) is 0 Å². The average molecular weight is 314 g/mol. The largest absolute Gasteiger partial charge is 0.347 e. The zero-order valence-electron chi connectivity index (χ0n) is 14.7. The minimum atomic E-state index is 0.00553. The van der Waals surface area contributed by atoms with Gasteiger partial charge in [-0.25, -0.2) is 0 Å². The predicted octanol–water partition coefficient (Wildman–Crippen LogP) is 5.49. The van der Waals surface area contributed by atoms with Crippen LogP contribution in [0, 0.1) is 0 Å². The molecule has 24 heavy (non-hydrogen) atoms. The van der Waals surface area contributed by atoms with Gasteiger partial charge in [-0.1, -0.05) is 56.3 Å². The highest BCUT2D eigenvalue weighted by Crippen LogP contribution is 2.46. The molecule has 2 aliphatic rings. The van der Waals surface area contributed by atoms with E-state index in [1.165, 1.54) is 28.1 Å². The van der Waals surface area contributed by atoms with E-state index in [9.17, 15) is 0 Å². The molecule has 0 saturated carbocycles. The molecular formula is C22H22N2. The van der Waals surface area contributed by atoms with E-state index in [-0.39, 0.29) is 5.41 Å². The third-order valence-corrected chi connectivity index (χ3v) is 5.22. The van der Waals surface area contributed by atoms with Crippen LogP contribution in [0.3, 0.4) is 0 Å². The maximum atomic E-state index is 4.68. The third kappa shape index (κ3) is 2.06. The Morgan fingerprint density at radius 3 is 2.46 bits per heavy atom. The molecule has 2 nitrogen and oxygen atoms in total. The van der Waals surface area contributed by atoms with Gasteiger partial charge in [0.1, 0.15) is 0 Å². The van der Waals surface area contributed by atoms with Crippen molar-refractivity contribution in [3.8, 4) is 0 Å². The molecule has 0 saturated heterocycles. The standard InChI is InChI=1S/C22H22N2/c1-15-16(17-9-5-7-11-19(17)23-15)13-14-21-22(2,3)18-10-6-8-12-20(18)24(21)4/h5-14H,1-4H3/b16-13-,21-14-. The zero-order chi connectivity index (χ0) is 16.9. The van der Waals surface area contributed by atoms with Crippen LogP contribution in [-0.4, -0.2) is 12.8 Å². The Labute approximate surface area is 143 Å². The van der Waals surface area contributed by atoms with Crippen molar-refractivity contribution in [2.24, 2.45) is 4.99 Å². The van der Waals surface area contributed by atoms with E-state index in [1.54, 1.807) is 0 Å². The van der Waals surface area contributed by atoms with Gasteiger partial charge < -0.3 is 4.90 Å². The molecule has 0 atom stereocenters. The number of para-hydroxylation sites is 2. The lowest BCUT2D eigenvalue weighted by molar-refractivity contribution is 0.640. The van der Waals surface area contributed by atoms with Crippen molar-refractivity contribution in [1.29, 1.82) is 0 Å². The fourth-order valence-corrected chi connectivity index (χ4v) is 3.91. The van der Waals surface area contributed by atoms with E-state index in [4.69, 9.17) is 0 Å². The Hall–Kier alpha value is -2.61. The average Bonchev–Trinajstić information content (AvgIpc) is 2.99. The van der Waals surface area contributed by atoms with E-state index in [2.05, 4.69) is 92.3 Å². The lowest BCUT2D eigenvalue weighted by Gasteiger charge is -2.23. The molecule has 0 radical (unpaired) electrons. The van der Waals surface area contributed by atoms with E-state index < -0.39 is 0 Å². The van der Waals surface area contributed by atoms with Crippen molar-refractivity contribution in [3.63, 3.8) is 0 Å². The molecule has 4 rings (SSSR count). The minimum absolute atomic E-state index is 0.00553. The van der Waals surface area contributed by atoms with Crippen LogP contribution in [0.4, 0.5) is 11.4 Å².